The molecule has 156 valence electrons. The fourth-order valence-corrected chi connectivity index (χ4v) is 4.65. The first-order valence-corrected chi connectivity index (χ1v) is 10.7. The molecule has 1 aliphatic carbocycles. The van der Waals surface area contributed by atoms with Gasteiger partial charge in [0.1, 0.15) is 11.9 Å². The summed E-state index contributed by atoms with van der Waals surface area (Å²) < 4.78 is 18.8. The molecule has 5 rings (SSSR count). The second-order valence-electron chi connectivity index (χ2n) is 8.49. The summed E-state index contributed by atoms with van der Waals surface area (Å²) in [5.41, 5.74) is 1.08. The monoisotopic (exact) mass is 409 g/mol. The van der Waals surface area contributed by atoms with Crippen LogP contribution in [0.2, 0.25) is 0 Å². The van der Waals surface area contributed by atoms with E-state index in [1.165, 1.54) is 12.1 Å². The fraction of sp³-hybridized carbons (Fsp3) is 0.545. The van der Waals surface area contributed by atoms with Crippen molar-refractivity contribution in [1.29, 1.82) is 5.26 Å². The number of nitrogens with zero attached hydrogens (tertiary/aromatic N) is 5. The standard InChI is InChI=1S/C22H24FN5O2/c23-17-5-6-18(16(12-17)13-24)27-10-7-15(8-11-27)22(29)28-9-1-2-19(28)20-25-21(30-26-20)14-3-4-14/h5-6,12,14-15,19H,1-4,7-11H2. The van der Waals surface area contributed by atoms with Crippen molar-refractivity contribution >= 4 is 11.6 Å². The lowest BCUT2D eigenvalue weighted by Gasteiger charge is -2.35. The van der Waals surface area contributed by atoms with E-state index >= 15 is 0 Å². The van der Waals surface area contributed by atoms with Crippen LogP contribution in [0.4, 0.5) is 10.1 Å². The van der Waals surface area contributed by atoms with Gasteiger partial charge < -0.3 is 14.3 Å². The molecule has 2 aliphatic heterocycles. The van der Waals surface area contributed by atoms with Crippen LogP contribution >= 0.6 is 0 Å². The van der Waals surface area contributed by atoms with Crippen molar-refractivity contribution in [2.75, 3.05) is 24.5 Å². The van der Waals surface area contributed by atoms with Gasteiger partial charge in [-0.05, 0) is 56.7 Å². The quantitative estimate of drug-likeness (QED) is 0.768. The van der Waals surface area contributed by atoms with Crippen LogP contribution in [-0.2, 0) is 4.79 Å². The number of likely N-dealkylation sites (tertiary alicyclic amines) is 1. The first-order valence-electron chi connectivity index (χ1n) is 10.7. The normalized spacial score (nSPS) is 22.3. The number of benzene rings is 1. The summed E-state index contributed by atoms with van der Waals surface area (Å²) in [5, 5.41) is 13.5. The van der Waals surface area contributed by atoms with Crippen molar-refractivity contribution in [3.8, 4) is 6.07 Å². The molecule has 1 aromatic heterocycles. The molecule has 2 aromatic rings. The predicted molar refractivity (Wildman–Crippen MR) is 106 cm³/mol. The van der Waals surface area contributed by atoms with Gasteiger partial charge in [-0.3, -0.25) is 4.79 Å². The number of amides is 1. The Labute approximate surface area is 174 Å². The topological polar surface area (TPSA) is 86.3 Å². The van der Waals surface area contributed by atoms with Crippen molar-refractivity contribution in [2.24, 2.45) is 5.92 Å². The maximum atomic E-state index is 13.4. The van der Waals surface area contributed by atoms with Gasteiger partial charge in [0.2, 0.25) is 11.8 Å². The van der Waals surface area contributed by atoms with Crippen molar-refractivity contribution in [2.45, 2.75) is 50.5 Å². The molecule has 3 aliphatic rings. The molecule has 0 spiro atoms. The third-order valence-electron chi connectivity index (χ3n) is 6.48. The summed E-state index contributed by atoms with van der Waals surface area (Å²) in [6.07, 6.45) is 5.46. The number of carbonyl (C=O) groups is 1. The summed E-state index contributed by atoms with van der Waals surface area (Å²) in [5.74, 6) is 1.46. The van der Waals surface area contributed by atoms with Gasteiger partial charge in [0, 0.05) is 31.5 Å². The van der Waals surface area contributed by atoms with Gasteiger partial charge in [-0.1, -0.05) is 5.16 Å². The number of carbonyl (C=O) groups excluding carboxylic acids is 1. The maximum Gasteiger partial charge on any atom is 0.229 e. The molecule has 7 nitrogen and oxygen atoms in total. The Hall–Kier alpha value is -2.95. The molecule has 1 amide bonds. The predicted octanol–water partition coefficient (Wildman–Crippen LogP) is 3.54. The van der Waals surface area contributed by atoms with E-state index in [4.69, 9.17) is 4.52 Å². The minimum absolute atomic E-state index is 0.0531. The minimum Gasteiger partial charge on any atom is -0.370 e. The third kappa shape index (κ3) is 3.53. The van der Waals surface area contributed by atoms with Crippen LogP contribution < -0.4 is 4.90 Å². The number of rotatable bonds is 4. The Morgan fingerprint density at radius 2 is 1.97 bits per heavy atom. The number of aromatic nitrogens is 2. The Kier molecular flexibility index (Phi) is 4.89. The summed E-state index contributed by atoms with van der Waals surface area (Å²) >= 11 is 0. The number of hydrogen-bond donors (Lipinski definition) is 0. The number of hydrogen-bond acceptors (Lipinski definition) is 6. The molecule has 1 aromatic carbocycles. The minimum atomic E-state index is -0.410. The van der Waals surface area contributed by atoms with Gasteiger partial charge in [0.05, 0.1) is 17.3 Å². The molecule has 2 saturated heterocycles. The largest absolute Gasteiger partial charge is 0.370 e. The molecular formula is C22H24FN5O2. The zero-order valence-electron chi connectivity index (χ0n) is 16.8. The molecule has 1 saturated carbocycles. The van der Waals surface area contributed by atoms with Crippen molar-refractivity contribution < 1.29 is 13.7 Å². The highest BCUT2D eigenvalue weighted by Crippen LogP contribution is 2.40. The summed E-state index contributed by atoms with van der Waals surface area (Å²) in [6.45, 7) is 2.07. The zero-order valence-corrected chi connectivity index (χ0v) is 16.8. The molecule has 0 radical (unpaired) electrons. The molecule has 0 N–H and O–H groups in total. The van der Waals surface area contributed by atoms with E-state index in [9.17, 15) is 14.4 Å². The van der Waals surface area contributed by atoms with Crippen LogP contribution in [-0.4, -0.2) is 40.6 Å². The summed E-state index contributed by atoms with van der Waals surface area (Å²) in [7, 11) is 0. The van der Waals surface area contributed by atoms with Crippen molar-refractivity contribution in [1.82, 2.24) is 15.0 Å². The Balaban J connectivity index is 1.24. The third-order valence-corrected chi connectivity index (χ3v) is 6.48. The van der Waals surface area contributed by atoms with Crippen molar-refractivity contribution in [3.63, 3.8) is 0 Å². The molecule has 3 fully saturated rings. The van der Waals surface area contributed by atoms with E-state index in [-0.39, 0.29) is 17.9 Å². The number of halogens is 1. The van der Waals surface area contributed by atoms with E-state index in [2.05, 4.69) is 21.1 Å². The van der Waals surface area contributed by atoms with Gasteiger partial charge >= 0.3 is 0 Å². The van der Waals surface area contributed by atoms with E-state index in [1.54, 1.807) is 6.07 Å². The highest BCUT2D eigenvalue weighted by atomic mass is 19.1. The Morgan fingerprint density at radius 3 is 2.70 bits per heavy atom. The van der Waals surface area contributed by atoms with E-state index in [0.29, 0.717) is 49.1 Å². The molecular weight excluding hydrogens is 385 g/mol. The van der Waals surface area contributed by atoms with Gasteiger partial charge in [0.25, 0.3) is 0 Å². The second kappa shape index (κ2) is 7.71. The van der Waals surface area contributed by atoms with E-state index in [0.717, 1.165) is 37.9 Å². The Morgan fingerprint density at radius 1 is 1.17 bits per heavy atom. The van der Waals surface area contributed by atoms with E-state index in [1.807, 2.05) is 4.90 Å². The van der Waals surface area contributed by atoms with Gasteiger partial charge in [-0.15, -0.1) is 0 Å². The SMILES string of the molecule is N#Cc1cc(F)ccc1N1CCC(C(=O)N2CCCC2c2noc(C3CC3)n2)CC1. The molecule has 1 unspecified atom stereocenters. The van der Waals surface area contributed by atoms with Crippen molar-refractivity contribution in [3.05, 3.63) is 41.3 Å². The number of anilines is 1. The first kappa shape index (κ1) is 19.0. The van der Waals surface area contributed by atoms with Gasteiger partial charge in [0.15, 0.2) is 5.82 Å². The smallest absolute Gasteiger partial charge is 0.229 e. The Bertz CT molecular complexity index is 988. The van der Waals surface area contributed by atoms with Crippen LogP contribution in [0.5, 0.6) is 0 Å². The lowest BCUT2D eigenvalue weighted by molar-refractivity contribution is -0.137. The van der Waals surface area contributed by atoms with Crippen LogP contribution in [0.3, 0.4) is 0 Å². The molecule has 0 bridgehead atoms. The van der Waals surface area contributed by atoms with Crippen LogP contribution in [0.25, 0.3) is 0 Å². The van der Waals surface area contributed by atoms with Crippen LogP contribution in [0, 0.1) is 23.1 Å². The molecule has 30 heavy (non-hydrogen) atoms. The second-order valence-corrected chi connectivity index (χ2v) is 8.49. The first-order chi connectivity index (χ1) is 14.6. The summed E-state index contributed by atoms with van der Waals surface area (Å²) in [4.78, 5) is 21.8. The zero-order chi connectivity index (χ0) is 20.7. The van der Waals surface area contributed by atoms with Gasteiger partial charge in [-0.2, -0.15) is 10.2 Å². The fourth-order valence-electron chi connectivity index (χ4n) is 4.65. The molecule has 8 heteroatoms. The lowest BCUT2D eigenvalue weighted by atomic mass is 9.94. The number of piperidine rings is 1. The van der Waals surface area contributed by atoms with Crippen LogP contribution in [0.1, 0.15) is 67.8 Å². The average molecular weight is 409 g/mol. The summed E-state index contributed by atoms with van der Waals surface area (Å²) in [6, 6.07) is 6.28. The van der Waals surface area contributed by atoms with Crippen LogP contribution in [0.15, 0.2) is 22.7 Å². The highest BCUT2D eigenvalue weighted by Gasteiger charge is 2.39. The number of nitriles is 1. The molecule has 3 heterocycles. The highest BCUT2D eigenvalue weighted by molar-refractivity contribution is 5.80. The molecule has 1 atom stereocenters. The van der Waals surface area contributed by atoms with Gasteiger partial charge in [-0.25, -0.2) is 4.39 Å². The average Bonchev–Trinajstić information content (AvgIpc) is 3.30. The maximum absolute atomic E-state index is 13.4. The van der Waals surface area contributed by atoms with E-state index < -0.39 is 5.82 Å². The lowest BCUT2D eigenvalue weighted by Crippen LogP contribution is -2.42.